The van der Waals surface area contributed by atoms with Crippen molar-refractivity contribution in [3.05, 3.63) is 52.9 Å². The number of methoxy groups -OCH3 is 1. The molecule has 2 aromatic rings. The highest BCUT2D eigenvalue weighted by atomic mass is 32.2. The van der Waals surface area contributed by atoms with Crippen molar-refractivity contribution in [1.29, 1.82) is 0 Å². The van der Waals surface area contributed by atoms with Crippen LogP contribution in [0.5, 0.6) is 5.75 Å². The molecule has 0 aliphatic carbocycles. The van der Waals surface area contributed by atoms with Crippen LogP contribution in [-0.2, 0) is 21.2 Å². The minimum Gasteiger partial charge on any atom is -0.497 e. The molecule has 1 aromatic heterocycles. The number of aryl methyl sites for hydroxylation is 1. The van der Waals surface area contributed by atoms with E-state index in [4.69, 9.17) is 4.74 Å². The molecule has 1 amide bonds. The van der Waals surface area contributed by atoms with Gasteiger partial charge in [-0.3, -0.25) is 9.48 Å². The van der Waals surface area contributed by atoms with Gasteiger partial charge in [0.05, 0.1) is 30.4 Å². The van der Waals surface area contributed by atoms with Crippen LogP contribution in [0.3, 0.4) is 0 Å². The fourth-order valence-electron chi connectivity index (χ4n) is 3.57. The highest BCUT2D eigenvalue weighted by molar-refractivity contribution is 7.91. The van der Waals surface area contributed by atoms with Gasteiger partial charge in [-0.1, -0.05) is 12.1 Å². The number of sulfone groups is 1. The van der Waals surface area contributed by atoms with Crippen LogP contribution in [0.25, 0.3) is 6.08 Å². The summed E-state index contributed by atoms with van der Waals surface area (Å²) in [6.07, 6.45) is 3.90. The van der Waals surface area contributed by atoms with Gasteiger partial charge in [0.1, 0.15) is 5.75 Å². The number of ether oxygens (including phenoxy) is 1. The Bertz CT molecular complexity index is 1020. The summed E-state index contributed by atoms with van der Waals surface area (Å²) < 4.78 is 30.6. The predicted octanol–water partition coefficient (Wildman–Crippen LogP) is 2.54. The largest absolute Gasteiger partial charge is 0.497 e. The zero-order valence-electron chi connectivity index (χ0n) is 17.3. The Labute approximate surface area is 171 Å². The summed E-state index contributed by atoms with van der Waals surface area (Å²) in [7, 11) is 0.378. The number of carbonyl (C=O) groups is 1. The predicted molar refractivity (Wildman–Crippen MR) is 113 cm³/mol. The fourth-order valence-corrected chi connectivity index (χ4v) is 5.27. The van der Waals surface area contributed by atoms with Crippen LogP contribution in [0.15, 0.2) is 30.3 Å². The molecule has 0 bridgehead atoms. The maximum atomic E-state index is 12.5. The molecule has 3 rings (SSSR count). The van der Waals surface area contributed by atoms with E-state index in [0.717, 1.165) is 28.3 Å². The molecule has 1 atom stereocenters. The normalized spacial score (nSPS) is 18.3. The summed E-state index contributed by atoms with van der Waals surface area (Å²) in [5.41, 5.74) is 3.62. The molecule has 0 unspecified atom stereocenters. The van der Waals surface area contributed by atoms with Crippen LogP contribution < -0.4 is 4.74 Å². The molecule has 0 spiro atoms. The maximum Gasteiger partial charge on any atom is 0.246 e. The van der Waals surface area contributed by atoms with Crippen molar-refractivity contribution in [3.8, 4) is 5.75 Å². The summed E-state index contributed by atoms with van der Waals surface area (Å²) in [6.45, 7) is 4.25. The fraction of sp³-hybridized carbons (Fsp3) is 0.429. The number of likely N-dealkylation sites (N-methyl/N-ethyl adjacent to an activating group) is 1. The van der Waals surface area contributed by atoms with Gasteiger partial charge in [-0.25, -0.2) is 8.42 Å². The average molecular weight is 418 g/mol. The van der Waals surface area contributed by atoms with E-state index in [0.29, 0.717) is 13.0 Å². The molecule has 8 heteroatoms. The first-order valence-electron chi connectivity index (χ1n) is 9.52. The van der Waals surface area contributed by atoms with E-state index in [2.05, 4.69) is 5.10 Å². The second-order valence-corrected chi connectivity index (χ2v) is 9.68. The van der Waals surface area contributed by atoms with E-state index in [9.17, 15) is 13.2 Å². The van der Waals surface area contributed by atoms with Crippen LogP contribution in [0.2, 0.25) is 0 Å². The maximum absolute atomic E-state index is 12.5. The number of rotatable bonds is 6. The third kappa shape index (κ3) is 4.87. The number of aromatic nitrogens is 2. The van der Waals surface area contributed by atoms with Gasteiger partial charge in [0, 0.05) is 30.9 Å². The van der Waals surface area contributed by atoms with Crippen LogP contribution in [0.1, 0.15) is 35.0 Å². The molecular weight excluding hydrogens is 390 g/mol. The Kier molecular flexibility index (Phi) is 6.12. The average Bonchev–Trinajstić information content (AvgIpc) is 3.19. The zero-order chi connectivity index (χ0) is 21.2. The van der Waals surface area contributed by atoms with E-state index < -0.39 is 9.84 Å². The van der Waals surface area contributed by atoms with E-state index in [1.807, 2.05) is 42.8 Å². The van der Waals surface area contributed by atoms with Crippen LogP contribution >= 0.6 is 0 Å². The van der Waals surface area contributed by atoms with E-state index in [1.165, 1.54) is 0 Å². The van der Waals surface area contributed by atoms with Crippen LogP contribution in [0.4, 0.5) is 0 Å². The standard InChI is InChI=1S/C21H27N3O4S/c1-15-20(16(2)24(22-15)18-11-12-29(26,27)14-18)13-23(3)21(25)10-7-17-5-8-19(28-4)9-6-17/h5-10,18H,11-14H2,1-4H3/b10-7+/t18-/m0/s1. The summed E-state index contributed by atoms with van der Waals surface area (Å²) in [6, 6.07) is 7.34. The molecule has 1 aromatic carbocycles. The number of hydrogen-bond donors (Lipinski definition) is 0. The minimum atomic E-state index is -2.98. The van der Waals surface area contributed by atoms with Gasteiger partial charge in [0.25, 0.3) is 0 Å². The van der Waals surface area contributed by atoms with Crippen molar-refractivity contribution in [2.45, 2.75) is 32.9 Å². The van der Waals surface area contributed by atoms with Gasteiger partial charge in [-0.15, -0.1) is 0 Å². The van der Waals surface area contributed by atoms with Crippen molar-refractivity contribution < 1.29 is 17.9 Å². The monoisotopic (exact) mass is 417 g/mol. The first-order valence-corrected chi connectivity index (χ1v) is 11.3. The summed E-state index contributed by atoms with van der Waals surface area (Å²) >= 11 is 0. The van der Waals surface area contributed by atoms with Crippen molar-refractivity contribution >= 4 is 21.8 Å². The van der Waals surface area contributed by atoms with Crippen LogP contribution in [0, 0.1) is 13.8 Å². The molecule has 29 heavy (non-hydrogen) atoms. The number of carbonyl (C=O) groups excluding carboxylic acids is 1. The lowest BCUT2D eigenvalue weighted by atomic mass is 10.1. The molecule has 7 nitrogen and oxygen atoms in total. The lowest BCUT2D eigenvalue weighted by molar-refractivity contribution is -0.125. The minimum absolute atomic E-state index is 0.115. The molecule has 1 aliphatic rings. The van der Waals surface area contributed by atoms with Gasteiger partial charge < -0.3 is 9.64 Å². The second-order valence-electron chi connectivity index (χ2n) is 7.45. The quantitative estimate of drug-likeness (QED) is 0.675. The zero-order valence-corrected chi connectivity index (χ0v) is 18.1. The first-order chi connectivity index (χ1) is 13.7. The lowest BCUT2D eigenvalue weighted by Gasteiger charge is -2.16. The second kappa shape index (κ2) is 8.41. The van der Waals surface area contributed by atoms with Crippen molar-refractivity contribution in [2.24, 2.45) is 0 Å². The lowest BCUT2D eigenvalue weighted by Crippen LogP contribution is -2.24. The van der Waals surface area contributed by atoms with E-state index in [1.54, 1.807) is 31.2 Å². The number of hydrogen-bond acceptors (Lipinski definition) is 5. The summed E-state index contributed by atoms with van der Waals surface area (Å²) in [4.78, 5) is 14.2. The molecule has 0 saturated carbocycles. The Morgan fingerprint density at radius 1 is 1.31 bits per heavy atom. The van der Waals surface area contributed by atoms with Crippen molar-refractivity contribution in [1.82, 2.24) is 14.7 Å². The first kappa shape index (κ1) is 21.1. The van der Waals surface area contributed by atoms with E-state index in [-0.39, 0.29) is 23.5 Å². The highest BCUT2D eigenvalue weighted by Crippen LogP contribution is 2.27. The van der Waals surface area contributed by atoms with Gasteiger partial charge in [0.2, 0.25) is 5.91 Å². The Morgan fingerprint density at radius 2 is 2.00 bits per heavy atom. The van der Waals surface area contributed by atoms with E-state index >= 15 is 0 Å². The Hall–Kier alpha value is -2.61. The molecule has 2 heterocycles. The molecule has 0 N–H and O–H groups in total. The smallest absolute Gasteiger partial charge is 0.246 e. The molecular formula is C21H27N3O4S. The molecule has 1 saturated heterocycles. The third-order valence-corrected chi connectivity index (χ3v) is 7.09. The molecule has 0 radical (unpaired) electrons. The number of amides is 1. The highest BCUT2D eigenvalue weighted by Gasteiger charge is 2.31. The Morgan fingerprint density at radius 3 is 2.59 bits per heavy atom. The number of benzene rings is 1. The van der Waals surface area contributed by atoms with Crippen molar-refractivity contribution in [3.63, 3.8) is 0 Å². The summed E-state index contributed by atoms with van der Waals surface area (Å²) in [5, 5.41) is 4.56. The topological polar surface area (TPSA) is 81.5 Å². The Balaban J connectivity index is 1.69. The molecule has 1 aliphatic heterocycles. The summed E-state index contributed by atoms with van der Waals surface area (Å²) in [5.74, 6) is 0.993. The van der Waals surface area contributed by atoms with Gasteiger partial charge in [-0.05, 0) is 44.0 Å². The van der Waals surface area contributed by atoms with Gasteiger partial charge >= 0.3 is 0 Å². The van der Waals surface area contributed by atoms with Gasteiger partial charge in [-0.2, -0.15) is 5.10 Å². The SMILES string of the molecule is COc1ccc(/C=C/C(=O)N(C)Cc2c(C)nn([C@H]3CCS(=O)(=O)C3)c2C)cc1. The van der Waals surface area contributed by atoms with Crippen LogP contribution in [-0.4, -0.2) is 54.7 Å². The van der Waals surface area contributed by atoms with Crippen molar-refractivity contribution in [2.75, 3.05) is 25.7 Å². The molecule has 156 valence electrons. The van der Waals surface area contributed by atoms with Gasteiger partial charge in [0.15, 0.2) is 9.84 Å². The molecule has 1 fully saturated rings. The third-order valence-electron chi connectivity index (χ3n) is 5.33. The number of nitrogens with zero attached hydrogens (tertiary/aromatic N) is 3.